The van der Waals surface area contributed by atoms with E-state index in [0.29, 0.717) is 6.04 Å². The number of aryl methyl sites for hydroxylation is 3. The van der Waals surface area contributed by atoms with Crippen LogP contribution < -0.4 is 9.80 Å². The molecule has 7 nitrogen and oxygen atoms in total. The average Bonchev–Trinajstić information content (AvgIpc) is 3.00. The molecule has 0 aromatic carbocycles. The van der Waals surface area contributed by atoms with Crippen LogP contribution in [0.3, 0.4) is 0 Å². The molecule has 0 N–H and O–H groups in total. The lowest BCUT2D eigenvalue weighted by Crippen LogP contribution is -2.44. The van der Waals surface area contributed by atoms with E-state index in [2.05, 4.69) is 49.0 Å². The molecular formula is C19H25N7. The van der Waals surface area contributed by atoms with Crippen molar-refractivity contribution in [3.63, 3.8) is 0 Å². The van der Waals surface area contributed by atoms with Crippen LogP contribution in [0.15, 0.2) is 24.5 Å². The van der Waals surface area contributed by atoms with Crippen LogP contribution in [0.5, 0.6) is 0 Å². The Bertz CT molecular complexity index is 905. The summed E-state index contributed by atoms with van der Waals surface area (Å²) in [6, 6.07) is 4.64. The van der Waals surface area contributed by atoms with Crippen molar-refractivity contribution in [1.29, 1.82) is 0 Å². The van der Waals surface area contributed by atoms with E-state index in [1.807, 2.05) is 37.7 Å². The van der Waals surface area contributed by atoms with E-state index < -0.39 is 0 Å². The van der Waals surface area contributed by atoms with Gasteiger partial charge in [-0.3, -0.25) is 0 Å². The maximum absolute atomic E-state index is 4.63. The van der Waals surface area contributed by atoms with Crippen molar-refractivity contribution in [2.45, 2.75) is 39.7 Å². The highest BCUT2D eigenvalue weighted by molar-refractivity contribution is 5.69. The SMILES string of the molecule is Cc1cc(N2CCC(N(C)c3nccn4nc(C)cc34)CC2)nc(C)n1. The van der Waals surface area contributed by atoms with Gasteiger partial charge in [-0.1, -0.05) is 0 Å². The van der Waals surface area contributed by atoms with Gasteiger partial charge in [-0.15, -0.1) is 0 Å². The van der Waals surface area contributed by atoms with Crippen LogP contribution in [0.1, 0.15) is 30.1 Å². The van der Waals surface area contributed by atoms with Crippen molar-refractivity contribution in [1.82, 2.24) is 24.6 Å². The fourth-order valence-electron chi connectivity index (χ4n) is 3.82. The standard InChI is InChI=1S/C19H25N7/c1-13-12-18(22-15(3)21-13)25-8-5-16(6-9-25)24(4)19-17-11-14(2)23-26(17)10-7-20-19/h7,10-12,16H,5-6,8-9H2,1-4H3. The Kier molecular flexibility index (Phi) is 4.22. The molecule has 0 spiro atoms. The Labute approximate surface area is 153 Å². The topological polar surface area (TPSA) is 62.5 Å². The number of nitrogens with zero attached hydrogens (tertiary/aromatic N) is 7. The van der Waals surface area contributed by atoms with Gasteiger partial charge < -0.3 is 9.80 Å². The molecule has 4 rings (SSSR count). The molecular weight excluding hydrogens is 326 g/mol. The normalized spacial score (nSPS) is 15.6. The van der Waals surface area contributed by atoms with Gasteiger partial charge in [-0.25, -0.2) is 19.5 Å². The molecule has 3 aromatic rings. The first-order valence-electron chi connectivity index (χ1n) is 9.12. The van der Waals surface area contributed by atoms with E-state index in [0.717, 1.165) is 60.3 Å². The summed E-state index contributed by atoms with van der Waals surface area (Å²) in [7, 11) is 2.14. The summed E-state index contributed by atoms with van der Waals surface area (Å²) < 4.78 is 1.91. The van der Waals surface area contributed by atoms with Gasteiger partial charge in [0.15, 0.2) is 5.82 Å². The molecule has 3 aromatic heterocycles. The summed E-state index contributed by atoms with van der Waals surface area (Å²) in [6.45, 7) is 7.98. The third-order valence-corrected chi connectivity index (χ3v) is 5.11. The fraction of sp³-hybridized carbons (Fsp3) is 0.474. The number of piperidine rings is 1. The molecule has 0 saturated carbocycles. The minimum absolute atomic E-state index is 0.462. The second-order valence-corrected chi connectivity index (χ2v) is 7.11. The summed E-state index contributed by atoms with van der Waals surface area (Å²) in [4.78, 5) is 18.3. The van der Waals surface area contributed by atoms with Crippen LogP contribution in [-0.4, -0.2) is 50.7 Å². The second-order valence-electron chi connectivity index (χ2n) is 7.11. The molecule has 0 aliphatic carbocycles. The van der Waals surface area contributed by atoms with Crippen LogP contribution >= 0.6 is 0 Å². The molecule has 0 radical (unpaired) electrons. The minimum Gasteiger partial charge on any atom is -0.356 e. The zero-order valence-corrected chi connectivity index (χ0v) is 15.8. The van der Waals surface area contributed by atoms with Crippen LogP contribution in [-0.2, 0) is 0 Å². The predicted molar refractivity (Wildman–Crippen MR) is 103 cm³/mol. The maximum Gasteiger partial charge on any atom is 0.154 e. The van der Waals surface area contributed by atoms with Crippen molar-refractivity contribution in [2.24, 2.45) is 0 Å². The smallest absolute Gasteiger partial charge is 0.154 e. The lowest BCUT2D eigenvalue weighted by Gasteiger charge is -2.38. The zero-order chi connectivity index (χ0) is 18.3. The maximum atomic E-state index is 4.63. The highest BCUT2D eigenvalue weighted by Gasteiger charge is 2.25. The van der Waals surface area contributed by atoms with Gasteiger partial charge in [0.2, 0.25) is 0 Å². The Morgan fingerprint density at radius 2 is 1.81 bits per heavy atom. The van der Waals surface area contributed by atoms with Crippen molar-refractivity contribution in [3.05, 3.63) is 41.7 Å². The van der Waals surface area contributed by atoms with Crippen molar-refractivity contribution in [2.75, 3.05) is 29.9 Å². The summed E-state index contributed by atoms with van der Waals surface area (Å²) in [5.74, 6) is 2.88. The molecule has 0 atom stereocenters. The van der Waals surface area contributed by atoms with Gasteiger partial charge in [0, 0.05) is 50.3 Å². The number of aromatic nitrogens is 5. The molecule has 1 aliphatic rings. The first-order chi connectivity index (χ1) is 12.5. The van der Waals surface area contributed by atoms with E-state index >= 15 is 0 Å². The zero-order valence-electron chi connectivity index (χ0n) is 15.8. The third kappa shape index (κ3) is 3.09. The number of hydrogen-bond acceptors (Lipinski definition) is 6. The van der Waals surface area contributed by atoms with Crippen LogP contribution in [0.4, 0.5) is 11.6 Å². The summed E-state index contributed by atoms with van der Waals surface area (Å²) in [5.41, 5.74) is 3.10. The third-order valence-electron chi connectivity index (χ3n) is 5.11. The quantitative estimate of drug-likeness (QED) is 0.723. The van der Waals surface area contributed by atoms with Crippen molar-refractivity contribution in [3.8, 4) is 0 Å². The van der Waals surface area contributed by atoms with E-state index in [1.54, 1.807) is 0 Å². The lowest BCUT2D eigenvalue weighted by molar-refractivity contribution is 0.478. The number of fused-ring (bicyclic) bond motifs is 1. The van der Waals surface area contributed by atoms with Gasteiger partial charge in [0.05, 0.1) is 5.69 Å². The first kappa shape index (κ1) is 16.8. The predicted octanol–water partition coefficient (Wildman–Crippen LogP) is 2.55. The van der Waals surface area contributed by atoms with E-state index in [1.165, 1.54) is 0 Å². The van der Waals surface area contributed by atoms with E-state index in [9.17, 15) is 0 Å². The van der Waals surface area contributed by atoms with E-state index in [-0.39, 0.29) is 0 Å². The number of rotatable bonds is 3. The summed E-state index contributed by atoms with van der Waals surface area (Å²) in [6.07, 6.45) is 5.89. The van der Waals surface area contributed by atoms with Gasteiger partial charge >= 0.3 is 0 Å². The van der Waals surface area contributed by atoms with Crippen LogP contribution in [0, 0.1) is 20.8 Å². The fourth-order valence-corrected chi connectivity index (χ4v) is 3.82. The molecule has 26 heavy (non-hydrogen) atoms. The highest BCUT2D eigenvalue weighted by atomic mass is 15.3. The highest BCUT2D eigenvalue weighted by Crippen LogP contribution is 2.26. The average molecular weight is 351 g/mol. The molecule has 4 heterocycles. The van der Waals surface area contributed by atoms with Crippen LogP contribution in [0.25, 0.3) is 5.52 Å². The van der Waals surface area contributed by atoms with Crippen molar-refractivity contribution >= 4 is 17.2 Å². The largest absolute Gasteiger partial charge is 0.356 e. The lowest BCUT2D eigenvalue weighted by atomic mass is 10.0. The molecule has 0 bridgehead atoms. The Hall–Kier alpha value is -2.70. The molecule has 1 fully saturated rings. The van der Waals surface area contributed by atoms with Gasteiger partial charge in [0.25, 0.3) is 0 Å². The molecule has 0 amide bonds. The summed E-state index contributed by atoms with van der Waals surface area (Å²) in [5, 5.41) is 4.50. The monoisotopic (exact) mass is 351 g/mol. The molecule has 7 heteroatoms. The van der Waals surface area contributed by atoms with Gasteiger partial charge in [-0.05, 0) is 39.7 Å². The van der Waals surface area contributed by atoms with Gasteiger partial charge in [0.1, 0.15) is 17.2 Å². The van der Waals surface area contributed by atoms with E-state index in [4.69, 9.17) is 0 Å². The molecule has 136 valence electrons. The van der Waals surface area contributed by atoms with Crippen molar-refractivity contribution < 1.29 is 0 Å². The molecule has 0 unspecified atom stereocenters. The Balaban J connectivity index is 1.50. The Morgan fingerprint density at radius 3 is 2.54 bits per heavy atom. The molecule has 1 saturated heterocycles. The summed E-state index contributed by atoms with van der Waals surface area (Å²) >= 11 is 0. The number of anilines is 2. The number of hydrogen-bond donors (Lipinski definition) is 0. The second kappa shape index (κ2) is 6.55. The molecule has 1 aliphatic heterocycles. The van der Waals surface area contributed by atoms with Crippen LogP contribution in [0.2, 0.25) is 0 Å². The Morgan fingerprint density at radius 1 is 1.04 bits per heavy atom. The van der Waals surface area contributed by atoms with Gasteiger partial charge in [-0.2, -0.15) is 5.10 Å². The minimum atomic E-state index is 0.462. The first-order valence-corrected chi connectivity index (χ1v) is 9.12.